The summed E-state index contributed by atoms with van der Waals surface area (Å²) < 4.78 is 5.05. The van der Waals surface area contributed by atoms with Crippen molar-refractivity contribution in [2.45, 2.75) is 25.8 Å². The number of anilines is 1. The van der Waals surface area contributed by atoms with E-state index in [0.29, 0.717) is 31.0 Å². The molecule has 0 fully saturated rings. The highest BCUT2D eigenvalue weighted by molar-refractivity contribution is 5.88. The Morgan fingerprint density at radius 3 is 2.79 bits per heavy atom. The number of aromatic carboxylic acids is 1. The van der Waals surface area contributed by atoms with Crippen molar-refractivity contribution >= 4 is 11.8 Å². The van der Waals surface area contributed by atoms with E-state index in [-0.39, 0.29) is 18.2 Å². The maximum atomic E-state index is 11.0. The molecule has 0 aliphatic carbocycles. The number of carbonyl (C=O) groups is 1. The monoisotopic (exact) mass is 268 g/mol. The second kappa shape index (κ2) is 7.70. The lowest BCUT2D eigenvalue weighted by Gasteiger charge is -2.18. The highest BCUT2D eigenvalue weighted by Gasteiger charge is 2.12. The fourth-order valence-corrected chi connectivity index (χ4v) is 1.73. The lowest BCUT2D eigenvalue weighted by Crippen LogP contribution is -2.27. The summed E-state index contributed by atoms with van der Waals surface area (Å²) in [7, 11) is 1.57. The second-order valence-electron chi connectivity index (χ2n) is 4.20. The molecule has 0 saturated heterocycles. The van der Waals surface area contributed by atoms with E-state index in [1.54, 1.807) is 13.2 Å². The minimum absolute atomic E-state index is 0.0281. The van der Waals surface area contributed by atoms with Gasteiger partial charge in [-0.1, -0.05) is 6.92 Å². The number of methoxy groups -OCH3 is 1. The molecule has 0 aliphatic heterocycles. The lowest BCUT2D eigenvalue weighted by molar-refractivity contribution is 0.0696. The van der Waals surface area contributed by atoms with Crippen LogP contribution >= 0.6 is 0 Å². The highest BCUT2D eigenvalue weighted by atomic mass is 16.5. The van der Waals surface area contributed by atoms with Crippen molar-refractivity contribution < 1.29 is 19.7 Å². The molecule has 0 amide bonds. The normalized spacial score (nSPS) is 12.2. The summed E-state index contributed by atoms with van der Waals surface area (Å²) >= 11 is 0. The molecule has 0 radical (unpaired) electrons. The number of aliphatic hydroxyl groups excluding tert-OH is 1. The van der Waals surface area contributed by atoms with E-state index in [0.717, 1.165) is 0 Å². The Balaban J connectivity index is 2.91. The number of aryl methyl sites for hydroxylation is 1. The number of aliphatic hydroxyl groups is 1. The van der Waals surface area contributed by atoms with Crippen LogP contribution in [0.2, 0.25) is 0 Å². The van der Waals surface area contributed by atoms with Crippen LogP contribution in [-0.4, -0.2) is 47.5 Å². The Kier molecular flexibility index (Phi) is 6.24. The van der Waals surface area contributed by atoms with Gasteiger partial charge in [-0.25, -0.2) is 9.78 Å². The number of hydrogen-bond acceptors (Lipinski definition) is 5. The van der Waals surface area contributed by atoms with Gasteiger partial charge in [0.05, 0.1) is 18.2 Å². The molecule has 19 heavy (non-hydrogen) atoms. The van der Waals surface area contributed by atoms with Gasteiger partial charge in [-0.15, -0.1) is 0 Å². The second-order valence-corrected chi connectivity index (χ2v) is 4.20. The van der Waals surface area contributed by atoms with E-state index < -0.39 is 5.97 Å². The van der Waals surface area contributed by atoms with Crippen LogP contribution in [0.3, 0.4) is 0 Å². The van der Waals surface area contributed by atoms with E-state index >= 15 is 0 Å². The fourth-order valence-electron chi connectivity index (χ4n) is 1.73. The van der Waals surface area contributed by atoms with Gasteiger partial charge < -0.3 is 20.3 Å². The van der Waals surface area contributed by atoms with Crippen LogP contribution < -0.4 is 5.32 Å². The van der Waals surface area contributed by atoms with Crippen LogP contribution in [0.5, 0.6) is 0 Å². The summed E-state index contributed by atoms with van der Waals surface area (Å²) in [4.78, 5) is 15.4. The number of carboxylic acid groups (broad SMARTS) is 1. The summed E-state index contributed by atoms with van der Waals surface area (Å²) in [6.07, 6.45) is 1.17. The third-order valence-electron chi connectivity index (χ3n) is 2.69. The van der Waals surface area contributed by atoms with Crippen LogP contribution in [0, 0.1) is 0 Å². The van der Waals surface area contributed by atoms with E-state index in [1.165, 1.54) is 6.07 Å². The van der Waals surface area contributed by atoms with Crippen molar-refractivity contribution in [1.82, 2.24) is 4.98 Å². The Bertz CT molecular complexity index is 417. The molecule has 6 nitrogen and oxygen atoms in total. The quantitative estimate of drug-likeness (QED) is 0.655. The molecule has 1 heterocycles. The van der Waals surface area contributed by atoms with E-state index in [9.17, 15) is 4.79 Å². The van der Waals surface area contributed by atoms with Gasteiger partial charge in [0.25, 0.3) is 0 Å². The first-order valence-electron chi connectivity index (χ1n) is 6.21. The van der Waals surface area contributed by atoms with Crippen molar-refractivity contribution in [3.05, 3.63) is 23.4 Å². The number of ether oxygens (including phenoxy) is 1. The van der Waals surface area contributed by atoms with Crippen molar-refractivity contribution in [1.29, 1.82) is 0 Å². The molecule has 0 spiro atoms. The molecule has 1 aromatic rings. The zero-order chi connectivity index (χ0) is 14.3. The average Bonchev–Trinajstić information content (AvgIpc) is 2.38. The Hall–Kier alpha value is -1.66. The van der Waals surface area contributed by atoms with Crippen molar-refractivity contribution in [3.8, 4) is 0 Å². The number of hydrogen-bond donors (Lipinski definition) is 3. The van der Waals surface area contributed by atoms with Gasteiger partial charge >= 0.3 is 5.97 Å². The van der Waals surface area contributed by atoms with Crippen LogP contribution in [0.25, 0.3) is 0 Å². The zero-order valence-corrected chi connectivity index (χ0v) is 11.2. The number of aromatic nitrogens is 1. The maximum Gasteiger partial charge on any atom is 0.335 e. The predicted octanol–water partition coefficient (Wildman–Crippen LogP) is 1.15. The van der Waals surface area contributed by atoms with Crippen LogP contribution in [0.15, 0.2) is 12.1 Å². The van der Waals surface area contributed by atoms with Gasteiger partial charge in [0, 0.05) is 19.4 Å². The van der Waals surface area contributed by atoms with Crippen molar-refractivity contribution in [2.24, 2.45) is 0 Å². The third-order valence-corrected chi connectivity index (χ3v) is 2.69. The summed E-state index contributed by atoms with van der Waals surface area (Å²) in [5, 5.41) is 21.1. The predicted molar refractivity (Wildman–Crippen MR) is 71.6 cm³/mol. The molecule has 3 N–H and O–H groups in total. The molecule has 0 bridgehead atoms. The lowest BCUT2D eigenvalue weighted by atomic mass is 10.1. The molecule has 0 aliphatic rings. The summed E-state index contributed by atoms with van der Waals surface area (Å²) in [6.45, 7) is 2.36. The Morgan fingerprint density at radius 1 is 1.53 bits per heavy atom. The zero-order valence-electron chi connectivity index (χ0n) is 11.2. The van der Waals surface area contributed by atoms with Gasteiger partial charge in [-0.3, -0.25) is 0 Å². The molecule has 1 unspecified atom stereocenters. The number of nitrogens with one attached hydrogen (secondary N) is 1. The topological polar surface area (TPSA) is 91.7 Å². The van der Waals surface area contributed by atoms with Crippen LogP contribution in [0.4, 0.5) is 5.82 Å². The first kappa shape index (κ1) is 15.4. The summed E-state index contributed by atoms with van der Waals surface area (Å²) in [6, 6.07) is 2.95. The van der Waals surface area contributed by atoms with E-state index in [4.69, 9.17) is 14.9 Å². The number of rotatable bonds is 8. The SMILES string of the molecule is CCc1cc(C(=O)O)cc(NC(CCO)COC)n1. The van der Waals surface area contributed by atoms with Gasteiger partial charge in [0.15, 0.2) is 0 Å². The first-order valence-corrected chi connectivity index (χ1v) is 6.21. The first-order chi connectivity index (χ1) is 9.10. The number of nitrogens with zero attached hydrogens (tertiary/aromatic N) is 1. The molecule has 0 aromatic carbocycles. The van der Waals surface area contributed by atoms with E-state index in [2.05, 4.69) is 10.3 Å². The largest absolute Gasteiger partial charge is 0.478 e. The molecular formula is C13H20N2O4. The van der Waals surface area contributed by atoms with Crippen molar-refractivity contribution in [3.63, 3.8) is 0 Å². The van der Waals surface area contributed by atoms with Crippen LogP contribution in [-0.2, 0) is 11.2 Å². The van der Waals surface area contributed by atoms with Gasteiger partial charge in [-0.05, 0) is 25.0 Å². The molecule has 0 saturated carbocycles. The summed E-state index contributed by atoms with van der Waals surface area (Å²) in [5.41, 5.74) is 0.914. The van der Waals surface area contributed by atoms with Crippen LogP contribution in [0.1, 0.15) is 29.4 Å². The van der Waals surface area contributed by atoms with Gasteiger partial charge in [-0.2, -0.15) is 0 Å². The molecule has 1 aromatic heterocycles. The van der Waals surface area contributed by atoms with Gasteiger partial charge in [0.1, 0.15) is 5.82 Å². The standard InChI is InChI=1S/C13H20N2O4/c1-3-10-6-9(13(17)18)7-12(14-10)15-11(4-5-16)8-19-2/h6-7,11,16H,3-5,8H2,1-2H3,(H,14,15)(H,17,18). The smallest absolute Gasteiger partial charge is 0.335 e. The Labute approximate surface area is 112 Å². The third kappa shape index (κ3) is 4.84. The van der Waals surface area contributed by atoms with Crippen molar-refractivity contribution in [2.75, 3.05) is 25.6 Å². The molecule has 1 atom stereocenters. The average molecular weight is 268 g/mol. The summed E-state index contributed by atoms with van der Waals surface area (Å²) in [5.74, 6) is -0.488. The minimum Gasteiger partial charge on any atom is -0.478 e. The molecule has 6 heteroatoms. The number of carboxylic acids is 1. The minimum atomic E-state index is -0.981. The molecule has 1 rings (SSSR count). The van der Waals surface area contributed by atoms with Gasteiger partial charge in [0.2, 0.25) is 0 Å². The number of pyridine rings is 1. The maximum absolute atomic E-state index is 11.0. The fraction of sp³-hybridized carbons (Fsp3) is 0.538. The highest BCUT2D eigenvalue weighted by Crippen LogP contribution is 2.13. The Morgan fingerprint density at radius 2 is 2.26 bits per heavy atom. The molecule has 106 valence electrons. The molecular weight excluding hydrogens is 248 g/mol. The van der Waals surface area contributed by atoms with E-state index in [1.807, 2.05) is 6.92 Å².